The fourth-order valence-corrected chi connectivity index (χ4v) is 2.88. The molecule has 2 fully saturated rings. The average molecular weight is 256 g/mol. The lowest BCUT2D eigenvalue weighted by Crippen LogP contribution is -2.49. The van der Waals surface area contributed by atoms with Crippen molar-refractivity contribution in [2.24, 2.45) is 0 Å². The SMILES string of the molecule is CCOC(=O)N1CCC(N2CCC(O)CC2)CC1. The molecule has 2 saturated heterocycles. The molecule has 2 aliphatic rings. The van der Waals surface area contributed by atoms with Gasteiger partial charge in [-0.1, -0.05) is 0 Å². The van der Waals surface area contributed by atoms with Crippen LogP contribution in [0.3, 0.4) is 0 Å². The molecule has 2 heterocycles. The van der Waals surface area contributed by atoms with E-state index in [2.05, 4.69) is 4.90 Å². The summed E-state index contributed by atoms with van der Waals surface area (Å²) in [5.74, 6) is 0. The molecule has 0 saturated carbocycles. The second kappa shape index (κ2) is 6.38. The number of aliphatic hydroxyl groups is 1. The summed E-state index contributed by atoms with van der Waals surface area (Å²) >= 11 is 0. The van der Waals surface area contributed by atoms with Crippen LogP contribution in [0.15, 0.2) is 0 Å². The van der Waals surface area contributed by atoms with Crippen LogP contribution >= 0.6 is 0 Å². The molecule has 0 spiro atoms. The Kier molecular flexibility index (Phi) is 4.83. The molecule has 0 aromatic heterocycles. The van der Waals surface area contributed by atoms with E-state index < -0.39 is 0 Å². The minimum absolute atomic E-state index is 0.110. The average Bonchev–Trinajstić information content (AvgIpc) is 2.40. The van der Waals surface area contributed by atoms with Crippen LogP contribution in [-0.4, -0.2) is 65.9 Å². The molecule has 5 nitrogen and oxygen atoms in total. The summed E-state index contributed by atoms with van der Waals surface area (Å²) in [5.41, 5.74) is 0. The van der Waals surface area contributed by atoms with Gasteiger partial charge in [0.25, 0.3) is 0 Å². The zero-order chi connectivity index (χ0) is 13.0. The Balaban J connectivity index is 1.74. The molecule has 0 atom stereocenters. The van der Waals surface area contributed by atoms with Crippen LogP contribution in [0.25, 0.3) is 0 Å². The molecule has 0 bridgehead atoms. The monoisotopic (exact) mass is 256 g/mol. The molecule has 0 aromatic carbocycles. The predicted molar refractivity (Wildman–Crippen MR) is 68.4 cm³/mol. The number of aliphatic hydroxyl groups excluding tert-OH is 1. The number of rotatable bonds is 2. The lowest BCUT2D eigenvalue weighted by atomic mass is 9.99. The first-order valence-electron chi connectivity index (χ1n) is 7.04. The first-order valence-corrected chi connectivity index (χ1v) is 7.04. The van der Waals surface area contributed by atoms with Crippen molar-refractivity contribution in [3.63, 3.8) is 0 Å². The van der Waals surface area contributed by atoms with E-state index in [0.29, 0.717) is 12.6 Å². The Morgan fingerprint density at radius 2 is 1.78 bits per heavy atom. The van der Waals surface area contributed by atoms with Gasteiger partial charge in [0.05, 0.1) is 12.7 Å². The minimum Gasteiger partial charge on any atom is -0.450 e. The number of likely N-dealkylation sites (tertiary alicyclic amines) is 2. The molecule has 1 amide bonds. The number of amides is 1. The first-order chi connectivity index (χ1) is 8.70. The highest BCUT2D eigenvalue weighted by molar-refractivity contribution is 5.67. The van der Waals surface area contributed by atoms with E-state index in [0.717, 1.165) is 51.9 Å². The number of hydrogen-bond donors (Lipinski definition) is 1. The van der Waals surface area contributed by atoms with Gasteiger partial charge in [0.1, 0.15) is 0 Å². The second-order valence-corrected chi connectivity index (χ2v) is 5.18. The summed E-state index contributed by atoms with van der Waals surface area (Å²) in [6.07, 6.45) is 3.53. The largest absolute Gasteiger partial charge is 0.450 e. The molecule has 5 heteroatoms. The molecule has 0 radical (unpaired) electrons. The number of hydrogen-bond acceptors (Lipinski definition) is 4. The van der Waals surface area contributed by atoms with E-state index in [4.69, 9.17) is 4.74 Å². The quantitative estimate of drug-likeness (QED) is 0.803. The minimum atomic E-state index is -0.176. The number of carbonyl (C=O) groups excluding carboxylic acids is 1. The number of carbonyl (C=O) groups is 1. The first kappa shape index (κ1) is 13.6. The summed E-state index contributed by atoms with van der Waals surface area (Å²) in [5, 5.41) is 9.50. The summed E-state index contributed by atoms with van der Waals surface area (Å²) in [6.45, 7) is 5.86. The fourth-order valence-electron chi connectivity index (χ4n) is 2.88. The molecular weight excluding hydrogens is 232 g/mol. The van der Waals surface area contributed by atoms with E-state index in [-0.39, 0.29) is 12.2 Å². The predicted octanol–water partition coefficient (Wildman–Crippen LogP) is 1.06. The van der Waals surface area contributed by atoms with Gasteiger partial charge in [-0.15, -0.1) is 0 Å². The zero-order valence-corrected chi connectivity index (χ0v) is 11.2. The van der Waals surface area contributed by atoms with Crippen LogP contribution in [0.4, 0.5) is 4.79 Å². The smallest absolute Gasteiger partial charge is 0.409 e. The molecule has 2 rings (SSSR count). The second-order valence-electron chi connectivity index (χ2n) is 5.18. The number of ether oxygens (including phenoxy) is 1. The van der Waals surface area contributed by atoms with E-state index in [1.165, 1.54) is 0 Å². The van der Waals surface area contributed by atoms with Gasteiger partial charge < -0.3 is 19.6 Å². The van der Waals surface area contributed by atoms with Gasteiger partial charge in [0, 0.05) is 32.2 Å². The molecule has 104 valence electrons. The maximum atomic E-state index is 11.6. The van der Waals surface area contributed by atoms with Crippen molar-refractivity contribution < 1.29 is 14.6 Å². The van der Waals surface area contributed by atoms with Crippen molar-refractivity contribution in [2.45, 2.75) is 44.8 Å². The van der Waals surface area contributed by atoms with Crippen molar-refractivity contribution in [1.82, 2.24) is 9.80 Å². The Bertz CT molecular complexity index is 269. The van der Waals surface area contributed by atoms with Crippen molar-refractivity contribution in [3.8, 4) is 0 Å². The lowest BCUT2D eigenvalue weighted by Gasteiger charge is -2.40. The third kappa shape index (κ3) is 3.36. The molecule has 0 aliphatic carbocycles. The molecule has 18 heavy (non-hydrogen) atoms. The van der Waals surface area contributed by atoms with Gasteiger partial charge in [-0.2, -0.15) is 0 Å². The number of nitrogens with zero attached hydrogens (tertiary/aromatic N) is 2. The van der Waals surface area contributed by atoms with Crippen LogP contribution < -0.4 is 0 Å². The highest BCUT2D eigenvalue weighted by Gasteiger charge is 2.29. The molecule has 0 unspecified atom stereocenters. The Morgan fingerprint density at radius 1 is 1.17 bits per heavy atom. The summed E-state index contributed by atoms with van der Waals surface area (Å²) in [4.78, 5) is 15.9. The maximum Gasteiger partial charge on any atom is 0.409 e. The molecular formula is C13H24N2O3. The van der Waals surface area contributed by atoms with E-state index in [1.807, 2.05) is 6.92 Å². The topological polar surface area (TPSA) is 53.0 Å². The zero-order valence-electron chi connectivity index (χ0n) is 11.2. The van der Waals surface area contributed by atoms with Gasteiger partial charge >= 0.3 is 6.09 Å². The van der Waals surface area contributed by atoms with Crippen LogP contribution in [0.2, 0.25) is 0 Å². The fraction of sp³-hybridized carbons (Fsp3) is 0.923. The molecule has 0 aromatic rings. The molecule has 2 aliphatic heterocycles. The standard InChI is InChI=1S/C13H24N2O3/c1-2-18-13(17)15-7-3-11(4-8-15)14-9-5-12(16)6-10-14/h11-12,16H,2-10H2,1H3. The van der Waals surface area contributed by atoms with Crippen LogP contribution in [0.5, 0.6) is 0 Å². The highest BCUT2D eigenvalue weighted by atomic mass is 16.6. The van der Waals surface area contributed by atoms with Gasteiger partial charge in [0.2, 0.25) is 0 Å². The van der Waals surface area contributed by atoms with Crippen molar-refractivity contribution in [3.05, 3.63) is 0 Å². The van der Waals surface area contributed by atoms with Crippen molar-refractivity contribution >= 4 is 6.09 Å². The Labute approximate surface area is 109 Å². The van der Waals surface area contributed by atoms with Crippen molar-refractivity contribution in [2.75, 3.05) is 32.8 Å². The maximum absolute atomic E-state index is 11.6. The lowest BCUT2D eigenvalue weighted by molar-refractivity contribution is 0.0354. The van der Waals surface area contributed by atoms with Gasteiger partial charge in [-0.05, 0) is 32.6 Å². The van der Waals surface area contributed by atoms with Crippen LogP contribution in [0.1, 0.15) is 32.6 Å². The summed E-state index contributed by atoms with van der Waals surface area (Å²) in [7, 11) is 0. The normalized spacial score (nSPS) is 24.2. The third-order valence-electron chi connectivity index (χ3n) is 4.01. The van der Waals surface area contributed by atoms with Gasteiger partial charge in [-0.25, -0.2) is 4.79 Å². The van der Waals surface area contributed by atoms with Crippen LogP contribution in [0, 0.1) is 0 Å². The van der Waals surface area contributed by atoms with E-state index >= 15 is 0 Å². The third-order valence-corrected chi connectivity index (χ3v) is 4.01. The van der Waals surface area contributed by atoms with Gasteiger partial charge in [-0.3, -0.25) is 0 Å². The Hall–Kier alpha value is -0.810. The van der Waals surface area contributed by atoms with E-state index in [1.54, 1.807) is 4.90 Å². The summed E-state index contributed by atoms with van der Waals surface area (Å²) < 4.78 is 5.02. The van der Waals surface area contributed by atoms with Crippen LogP contribution in [-0.2, 0) is 4.74 Å². The number of piperidine rings is 2. The van der Waals surface area contributed by atoms with Crippen molar-refractivity contribution in [1.29, 1.82) is 0 Å². The van der Waals surface area contributed by atoms with Gasteiger partial charge in [0.15, 0.2) is 0 Å². The highest BCUT2D eigenvalue weighted by Crippen LogP contribution is 2.21. The molecule has 1 N–H and O–H groups in total. The Morgan fingerprint density at radius 3 is 2.33 bits per heavy atom. The van der Waals surface area contributed by atoms with E-state index in [9.17, 15) is 9.90 Å². The summed E-state index contributed by atoms with van der Waals surface area (Å²) in [6, 6.07) is 0.572.